The molecular weight excluding hydrogens is 172 g/mol. The van der Waals surface area contributed by atoms with Crippen molar-refractivity contribution < 1.29 is 19.1 Å². The number of hydrogen-bond donors (Lipinski definition) is 0. The van der Waals surface area contributed by atoms with Gasteiger partial charge in [0.2, 0.25) is 0 Å². The molecule has 0 aromatic heterocycles. The molecule has 0 aliphatic rings. The van der Waals surface area contributed by atoms with Crippen LogP contribution < -0.4 is 0 Å². The van der Waals surface area contributed by atoms with Crippen LogP contribution >= 0.6 is 0 Å². The molecular formula is C9H12O4. The lowest BCUT2D eigenvalue weighted by Crippen LogP contribution is -2.06. The molecule has 0 spiro atoms. The fourth-order valence-corrected chi connectivity index (χ4v) is 0.564. The minimum absolute atomic E-state index is 0.146. The highest BCUT2D eigenvalue weighted by Crippen LogP contribution is 2.04. The SMILES string of the molecule is C=C(C)C=C(OC(C)=O)OC(C)=O. The molecule has 4 nitrogen and oxygen atoms in total. The lowest BCUT2D eigenvalue weighted by molar-refractivity contribution is -0.150. The summed E-state index contributed by atoms with van der Waals surface area (Å²) >= 11 is 0. The number of carbonyl (C=O) groups excluding carboxylic acids is 2. The highest BCUT2D eigenvalue weighted by Gasteiger charge is 2.05. The molecule has 0 N–H and O–H groups in total. The van der Waals surface area contributed by atoms with E-state index in [1.54, 1.807) is 6.92 Å². The van der Waals surface area contributed by atoms with Crippen molar-refractivity contribution in [2.75, 3.05) is 0 Å². The summed E-state index contributed by atoms with van der Waals surface area (Å²) in [5.41, 5.74) is 0.623. The Morgan fingerprint density at radius 1 is 1.08 bits per heavy atom. The van der Waals surface area contributed by atoms with Crippen molar-refractivity contribution in [3.8, 4) is 0 Å². The maximum absolute atomic E-state index is 10.5. The Balaban J connectivity index is 4.45. The Kier molecular flexibility index (Phi) is 4.51. The van der Waals surface area contributed by atoms with E-state index in [-0.39, 0.29) is 5.95 Å². The van der Waals surface area contributed by atoms with Gasteiger partial charge in [0.05, 0.1) is 0 Å². The van der Waals surface area contributed by atoms with Gasteiger partial charge in [0.1, 0.15) is 0 Å². The van der Waals surface area contributed by atoms with E-state index in [1.165, 1.54) is 19.9 Å². The van der Waals surface area contributed by atoms with Crippen LogP contribution in [0.5, 0.6) is 0 Å². The van der Waals surface area contributed by atoms with Crippen molar-refractivity contribution in [3.05, 3.63) is 24.2 Å². The van der Waals surface area contributed by atoms with Crippen LogP contribution in [0.15, 0.2) is 24.2 Å². The van der Waals surface area contributed by atoms with E-state index >= 15 is 0 Å². The molecule has 13 heavy (non-hydrogen) atoms. The molecule has 0 atom stereocenters. The summed E-state index contributed by atoms with van der Waals surface area (Å²) in [5, 5.41) is 0. The Morgan fingerprint density at radius 2 is 1.46 bits per heavy atom. The molecule has 0 aromatic carbocycles. The average molecular weight is 184 g/mol. The van der Waals surface area contributed by atoms with E-state index in [1.807, 2.05) is 0 Å². The summed E-state index contributed by atoms with van der Waals surface area (Å²) in [6, 6.07) is 0. The Hall–Kier alpha value is -1.58. The van der Waals surface area contributed by atoms with Crippen LogP contribution in [-0.2, 0) is 19.1 Å². The van der Waals surface area contributed by atoms with E-state index in [0.29, 0.717) is 5.57 Å². The van der Waals surface area contributed by atoms with Crippen LogP contribution in [0.25, 0.3) is 0 Å². The Bertz CT molecular complexity index is 245. The average Bonchev–Trinajstić information content (AvgIpc) is 1.80. The van der Waals surface area contributed by atoms with Crippen molar-refractivity contribution in [2.24, 2.45) is 0 Å². The number of esters is 2. The van der Waals surface area contributed by atoms with Gasteiger partial charge in [-0.3, -0.25) is 9.59 Å². The number of hydrogen-bond acceptors (Lipinski definition) is 4. The zero-order chi connectivity index (χ0) is 10.4. The predicted molar refractivity (Wildman–Crippen MR) is 46.4 cm³/mol. The summed E-state index contributed by atoms with van der Waals surface area (Å²) < 4.78 is 9.18. The molecule has 0 aromatic rings. The highest BCUT2D eigenvalue weighted by molar-refractivity contribution is 5.70. The minimum atomic E-state index is -0.547. The van der Waals surface area contributed by atoms with Gasteiger partial charge >= 0.3 is 11.9 Å². The number of allylic oxidation sites excluding steroid dienone is 2. The lowest BCUT2D eigenvalue weighted by Gasteiger charge is -2.05. The highest BCUT2D eigenvalue weighted by atomic mass is 16.7. The zero-order valence-corrected chi connectivity index (χ0v) is 7.92. The van der Waals surface area contributed by atoms with Gasteiger partial charge in [0.15, 0.2) is 0 Å². The Labute approximate surface area is 76.8 Å². The fourth-order valence-electron chi connectivity index (χ4n) is 0.564. The van der Waals surface area contributed by atoms with Crippen molar-refractivity contribution >= 4 is 11.9 Å². The van der Waals surface area contributed by atoms with Crippen molar-refractivity contribution in [1.82, 2.24) is 0 Å². The largest absolute Gasteiger partial charge is 0.393 e. The van der Waals surface area contributed by atoms with E-state index in [2.05, 4.69) is 16.1 Å². The molecule has 0 unspecified atom stereocenters. The van der Waals surface area contributed by atoms with Crippen LogP contribution in [-0.4, -0.2) is 11.9 Å². The summed E-state index contributed by atoms with van der Waals surface area (Å²) in [5.74, 6) is -1.24. The Morgan fingerprint density at radius 3 is 1.69 bits per heavy atom. The third-order valence-corrected chi connectivity index (χ3v) is 0.853. The monoisotopic (exact) mass is 184 g/mol. The molecule has 0 aliphatic heterocycles. The number of ether oxygens (including phenoxy) is 2. The van der Waals surface area contributed by atoms with Crippen LogP contribution in [0.4, 0.5) is 0 Å². The van der Waals surface area contributed by atoms with Gasteiger partial charge in [-0.1, -0.05) is 12.2 Å². The summed E-state index contributed by atoms with van der Waals surface area (Å²) in [4.78, 5) is 21.1. The standard InChI is InChI=1S/C9H12O4/c1-6(2)5-9(12-7(3)10)13-8(4)11/h5H,1H2,2-4H3. The zero-order valence-electron chi connectivity index (χ0n) is 7.92. The van der Waals surface area contributed by atoms with Crippen LogP contribution in [0, 0.1) is 0 Å². The third-order valence-electron chi connectivity index (χ3n) is 0.853. The van der Waals surface area contributed by atoms with E-state index < -0.39 is 11.9 Å². The summed E-state index contributed by atoms with van der Waals surface area (Å²) in [6.07, 6.45) is 1.36. The first-order chi connectivity index (χ1) is 5.91. The molecule has 0 saturated heterocycles. The first kappa shape index (κ1) is 11.4. The van der Waals surface area contributed by atoms with Crippen LogP contribution in [0.2, 0.25) is 0 Å². The molecule has 4 heteroatoms. The van der Waals surface area contributed by atoms with Gasteiger partial charge in [-0.05, 0) is 6.92 Å². The van der Waals surface area contributed by atoms with Crippen LogP contribution in [0.3, 0.4) is 0 Å². The smallest absolute Gasteiger partial charge is 0.310 e. The topological polar surface area (TPSA) is 52.6 Å². The lowest BCUT2D eigenvalue weighted by atomic mass is 10.3. The van der Waals surface area contributed by atoms with Gasteiger partial charge in [0, 0.05) is 19.9 Å². The second-order valence-electron chi connectivity index (χ2n) is 2.50. The van der Waals surface area contributed by atoms with E-state index in [9.17, 15) is 9.59 Å². The van der Waals surface area contributed by atoms with Crippen LogP contribution in [0.1, 0.15) is 20.8 Å². The summed E-state index contributed by atoms with van der Waals surface area (Å²) in [7, 11) is 0. The number of rotatable bonds is 3. The first-order valence-corrected chi connectivity index (χ1v) is 3.66. The third kappa shape index (κ3) is 6.80. The molecule has 0 rings (SSSR count). The maximum Gasteiger partial charge on any atom is 0.310 e. The molecule has 0 heterocycles. The summed E-state index contributed by atoms with van der Waals surface area (Å²) in [6.45, 7) is 7.67. The quantitative estimate of drug-likeness (QED) is 0.379. The molecule has 0 aliphatic carbocycles. The van der Waals surface area contributed by atoms with Gasteiger partial charge < -0.3 is 9.47 Å². The van der Waals surface area contributed by atoms with Gasteiger partial charge in [-0.15, -0.1) is 0 Å². The number of carbonyl (C=O) groups is 2. The predicted octanol–water partition coefficient (Wildman–Crippen LogP) is 1.53. The van der Waals surface area contributed by atoms with Crippen molar-refractivity contribution in [3.63, 3.8) is 0 Å². The maximum atomic E-state index is 10.5. The van der Waals surface area contributed by atoms with Crippen molar-refractivity contribution in [2.45, 2.75) is 20.8 Å². The molecule has 0 fully saturated rings. The molecule has 72 valence electrons. The van der Waals surface area contributed by atoms with E-state index in [4.69, 9.17) is 0 Å². The first-order valence-electron chi connectivity index (χ1n) is 3.66. The molecule has 0 saturated carbocycles. The molecule has 0 radical (unpaired) electrons. The second kappa shape index (κ2) is 5.13. The van der Waals surface area contributed by atoms with Crippen molar-refractivity contribution in [1.29, 1.82) is 0 Å². The van der Waals surface area contributed by atoms with Gasteiger partial charge in [-0.2, -0.15) is 0 Å². The molecule has 0 bridgehead atoms. The fraction of sp³-hybridized carbons (Fsp3) is 0.333. The minimum Gasteiger partial charge on any atom is -0.393 e. The van der Waals surface area contributed by atoms with Gasteiger partial charge in [-0.25, -0.2) is 0 Å². The second-order valence-corrected chi connectivity index (χ2v) is 2.50. The molecule has 0 amide bonds. The van der Waals surface area contributed by atoms with E-state index in [0.717, 1.165) is 0 Å². The normalized spacial score (nSPS) is 8.54. The van der Waals surface area contributed by atoms with Gasteiger partial charge in [0.25, 0.3) is 5.95 Å².